The average Bonchev–Trinajstić information content (AvgIpc) is 1.85. The molecule has 0 saturated heterocycles. The van der Waals surface area contributed by atoms with E-state index in [-0.39, 0.29) is 19.8 Å². The molecule has 0 aromatic heterocycles. The minimum absolute atomic E-state index is 0. The first kappa shape index (κ1) is 15.1. The van der Waals surface area contributed by atoms with Crippen molar-refractivity contribution in [1.82, 2.24) is 0 Å². The molecule has 0 atom stereocenters. The molecule has 0 aliphatic rings. The van der Waals surface area contributed by atoms with Gasteiger partial charge < -0.3 is 4.74 Å². The van der Waals surface area contributed by atoms with Crippen molar-refractivity contribution in [3.8, 4) is 0 Å². The Morgan fingerprint density at radius 3 is 1.42 bits per heavy atom. The van der Waals surface area contributed by atoms with E-state index < -0.39 is 0 Å². The van der Waals surface area contributed by atoms with Gasteiger partial charge in [-0.25, -0.2) is 0 Å². The minimum atomic E-state index is 0. The molecule has 0 aromatic carbocycles. The Morgan fingerprint density at radius 1 is 0.833 bits per heavy atom. The second-order valence-electron chi connectivity index (χ2n) is 3.98. The van der Waals surface area contributed by atoms with Crippen molar-refractivity contribution in [3.63, 3.8) is 0 Å². The van der Waals surface area contributed by atoms with Crippen molar-refractivity contribution in [1.29, 1.82) is 0 Å². The van der Waals surface area contributed by atoms with Crippen LogP contribution in [0.4, 0.5) is 0 Å². The van der Waals surface area contributed by atoms with Crippen LogP contribution in [0, 0.1) is 11.8 Å². The van der Waals surface area contributed by atoms with E-state index in [0.717, 1.165) is 25.0 Å². The van der Waals surface area contributed by atoms with Crippen molar-refractivity contribution in [2.45, 2.75) is 40.5 Å². The second-order valence-corrected chi connectivity index (χ2v) is 3.98. The summed E-state index contributed by atoms with van der Waals surface area (Å²) >= 11 is 0. The van der Waals surface area contributed by atoms with Gasteiger partial charge in [0.1, 0.15) is 0 Å². The number of hydrogen-bond donors (Lipinski definition) is 0. The molecule has 74 valence electrons. The van der Waals surface area contributed by atoms with Crippen molar-refractivity contribution < 1.29 is 4.74 Å². The Hall–Kier alpha value is 0.596. The molecule has 0 radical (unpaired) electrons. The molecule has 12 heavy (non-hydrogen) atoms. The van der Waals surface area contributed by atoms with Crippen LogP contribution < -0.4 is 0 Å². The molecular weight excluding hydrogens is 206 g/mol. The summed E-state index contributed by atoms with van der Waals surface area (Å²) in [5.41, 5.74) is 0. The fraction of sp³-hybridized carbons (Fsp3) is 1.00. The number of rotatable bonds is 6. The zero-order valence-electron chi connectivity index (χ0n) is 8.39. The monoisotopic (exact) mass is 230 g/mol. The molecule has 0 bridgehead atoms. The first-order valence-electron chi connectivity index (χ1n) is 4.70. The summed E-state index contributed by atoms with van der Waals surface area (Å²) in [5.74, 6) is 1.54. The van der Waals surface area contributed by atoms with Gasteiger partial charge in [0.2, 0.25) is 0 Å². The molecule has 0 fully saturated rings. The Kier molecular flexibility index (Phi) is 12.2. The van der Waals surface area contributed by atoms with E-state index in [2.05, 4.69) is 27.7 Å². The summed E-state index contributed by atoms with van der Waals surface area (Å²) in [6.45, 7) is 10.8. The van der Waals surface area contributed by atoms with Crippen LogP contribution in [0.2, 0.25) is 0 Å². The van der Waals surface area contributed by atoms with Crippen LogP contribution in [0.3, 0.4) is 0 Å². The predicted octanol–water partition coefficient (Wildman–Crippen LogP) is 1.91. The first-order chi connectivity index (χ1) is 5.13. The number of hydrogen-bond acceptors (Lipinski definition) is 1. The summed E-state index contributed by atoms with van der Waals surface area (Å²) in [5, 5.41) is 0. The molecule has 1 nitrogen and oxygen atoms in total. The Labute approximate surface area is 90.3 Å². The van der Waals surface area contributed by atoms with Crippen LogP contribution in [-0.4, -0.2) is 33.0 Å². The Morgan fingerprint density at radius 2 is 1.17 bits per heavy atom. The van der Waals surface area contributed by atoms with Crippen LogP contribution in [0.5, 0.6) is 0 Å². The van der Waals surface area contributed by atoms with E-state index in [0.29, 0.717) is 0 Å². The molecule has 0 N–H and O–H groups in total. The van der Waals surface area contributed by atoms with E-state index >= 15 is 0 Å². The third-order valence-corrected chi connectivity index (χ3v) is 1.68. The molecule has 0 heterocycles. The fourth-order valence-electron chi connectivity index (χ4n) is 0.740. The zero-order valence-corrected chi connectivity index (χ0v) is 8.39. The van der Waals surface area contributed by atoms with E-state index in [1.807, 2.05) is 0 Å². The van der Waals surface area contributed by atoms with Gasteiger partial charge in [0, 0.05) is 13.2 Å². The average molecular weight is 231 g/mol. The van der Waals surface area contributed by atoms with Gasteiger partial charge in [-0.1, -0.05) is 27.7 Å². The van der Waals surface area contributed by atoms with Gasteiger partial charge in [-0.15, -0.1) is 0 Å². The van der Waals surface area contributed by atoms with Gasteiger partial charge in [-0.05, 0) is 24.7 Å². The van der Waals surface area contributed by atoms with E-state index in [1.165, 1.54) is 12.8 Å². The van der Waals surface area contributed by atoms with Crippen LogP contribution in [-0.2, 0) is 4.74 Å². The molecule has 0 spiro atoms. The molecule has 2 heteroatoms. The summed E-state index contributed by atoms with van der Waals surface area (Å²) in [6.07, 6.45) is 2.39. The second kappa shape index (κ2) is 9.68. The quantitative estimate of drug-likeness (QED) is 0.501. The Balaban J connectivity index is 0. The molecule has 0 amide bonds. The van der Waals surface area contributed by atoms with Crippen LogP contribution in [0.15, 0.2) is 0 Å². The molecular formula is C10H25GaO. The van der Waals surface area contributed by atoms with Gasteiger partial charge >= 0.3 is 19.8 Å². The SMILES string of the molecule is CC(C)CCOCCC(C)C.[GaH3]. The molecule has 0 unspecified atom stereocenters. The van der Waals surface area contributed by atoms with Crippen molar-refractivity contribution in [2.75, 3.05) is 13.2 Å². The topological polar surface area (TPSA) is 9.23 Å². The van der Waals surface area contributed by atoms with Crippen LogP contribution >= 0.6 is 0 Å². The normalized spacial score (nSPS) is 10.5. The molecule has 0 aliphatic heterocycles. The molecule has 0 aliphatic carbocycles. The standard InChI is InChI=1S/C10H22O.Ga.3H/c1-9(2)5-7-11-8-6-10(3)4;;;;/h9-10H,5-8H2,1-4H3;;;;. The van der Waals surface area contributed by atoms with Crippen molar-refractivity contribution in [3.05, 3.63) is 0 Å². The first-order valence-corrected chi connectivity index (χ1v) is 4.70. The molecule has 0 rings (SSSR count). The fourth-order valence-corrected chi connectivity index (χ4v) is 0.740. The summed E-state index contributed by atoms with van der Waals surface area (Å²) in [4.78, 5) is 0. The maximum absolute atomic E-state index is 5.46. The van der Waals surface area contributed by atoms with E-state index in [1.54, 1.807) is 0 Å². The third kappa shape index (κ3) is 13.2. The predicted molar refractivity (Wildman–Crippen MR) is 59.7 cm³/mol. The summed E-state index contributed by atoms with van der Waals surface area (Å²) < 4.78 is 5.46. The van der Waals surface area contributed by atoms with Gasteiger partial charge in [-0.2, -0.15) is 0 Å². The maximum atomic E-state index is 5.46. The van der Waals surface area contributed by atoms with E-state index in [9.17, 15) is 0 Å². The van der Waals surface area contributed by atoms with Gasteiger partial charge in [0.05, 0.1) is 0 Å². The molecule has 0 aromatic rings. The van der Waals surface area contributed by atoms with Crippen molar-refractivity contribution in [2.24, 2.45) is 11.8 Å². The zero-order chi connectivity index (χ0) is 8.69. The van der Waals surface area contributed by atoms with Crippen LogP contribution in [0.25, 0.3) is 0 Å². The van der Waals surface area contributed by atoms with Crippen molar-refractivity contribution >= 4 is 19.8 Å². The number of ether oxygens (including phenoxy) is 1. The summed E-state index contributed by atoms with van der Waals surface area (Å²) in [6, 6.07) is 0. The van der Waals surface area contributed by atoms with E-state index in [4.69, 9.17) is 4.74 Å². The Bertz CT molecular complexity index is 71.9. The third-order valence-electron chi connectivity index (χ3n) is 1.68. The van der Waals surface area contributed by atoms with Gasteiger partial charge in [-0.3, -0.25) is 0 Å². The molecule has 0 saturated carbocycles. The van der Waals surface area contributed by atoms with Gasteiger partial charge in [0.25, 0.3) is 0 Å². The van der Waals surface area contributed by atoms with Crippen LogP contribution in [0.1, 0.15) is 40.5 Å². The summed E-state index contributed by atoms with van der Waals surface area (Å²) in [7, 11) is 0. The van der Waals surface area contributed by atoms with Gasteiger partial charge in [0.15, 0.2) is 0 Å².